The van der Waals surface area contributed by atoms with Gasteiger partial charge in [-0.05, 0) is 13.3 Å². The Balaban J connectivity index is 2.16. The van der Waals surface area contributed by atoms with Crippen molar-refractivity contribution in [3.05, 3.63) is 0 Å². The topological polar surface area (TPSA) is 86.7 Å². The molecule has 1 fully saturated rings. The summed E-state index contributed by atoms with van der Waals surface area (Å²) in [6.45, 7) is 2.91. The molecule has 18 heavy (non-hydrogen) atoms. The van der Waals surface area contributed by atoms with Gasteiger partial charge in [-0.2, -0.15) is 0 Å². The molecule has 6 nitrogen and oxygen atoms in total. The predicted octanol–water partition coefficient (Wildman–Crippen LogP) is 0.915. The van der Waals surface area contributed by atoms with Gasteiger partial charge in [-0.15, -0.1) is 0 Å². The van der Waals surface area contributed by atoms with Crippen LogP contribution >= 0.6 is 11.8 Å². The van der Waals surface area contributed by atoms with Crippen LogP contribution in [0.4, 0.5) is 4.79 Å². The van der Waals surface area contributed by atoms with Crippen molar-refractivity contribution in [2.45, 2.75) is 32.2 Å². The van der Waals surface area contributed by atoms with Gasteiger partial charge in [-0.3, -0.25) is 14.4 Å². The molecule has 0 aromatic rings. The number of carboxylic acids is 1. The van der Waals surface area contributed by atoms with Gasteiger partial charge >= 0.3 is 5.97 Å². The van der Waals surface area contributed by atoms with Gasteiger partial charge in [0.15, 0.2) is 0 Å². The number of carbonyl (C=O) groups excluding carboxylic acids is 2. The number of thioether (sulfide) groups is 1. The number of nitrogens with one attached hydrogen (secondary N) is 1. The maximum atomic E-state index is 11.6. The molecule has 102 valence electrons. The zero-order valence-corrected chi connectivity index (χ0v) is 11.2. The summed E-state index contributed by atoms with van der Waals surface area (Å²) >= 11 is 1.27. The van der Waals surface area contributed by atoms with Crippen molar-refractivity contribution in [3.63, 3.8) is 0 Å². The van der Waals surface area contributed by atoms with Crippen LogP contribution in [0.3, 0.4) is 0 Å². The summed E-state index contributed by atoms with van der Waals surface area (Å²) in [7, 11) is 0. The molecule has 1 atom stereocenters. The van der Waals surface area contributed by atoms with E-state index < -0.39 is 5.97 Å². The van der Waals surface area contributed by atoms with Crippen LogP contribution in [0.15, 0.2) is 0 Å². The Morgan fingerprint density at radius 2 is 2.22 bits per heavy atom. The van der Waals surface area contributed by atoms with E-state index >= 15 is 0 Å². The van der Waals surface area contributed by atoms with Crippen LogP contribution in [0.1, 0.15) is 26.2 Å². The Labute approximate surface area is 110 Å². The first-order valence-corrected chi connectivity index (χ1v) is 6.90. The minimum atomic E-state index is -0.865. The lowest BCUT2D eigenvalue weighted by Crippen LogP contribution is -2.36. The molecule has 1 aliphatic rings. The Kier molecular flexibility index (Phi) is 5.97. The second-order valence-corrected chi connectivity index (χ2v) is 5.30. The summed E-state index contributed by atoms with van der Waals surface area (Å²) in [5, 5.41) is 11.3. The van der Waals surface area contributed by atoms with E-state index in [0.717, 1.165) is 5.75 Å². The average Bonchev–Trinajstić information content (AvgIpc) is 2.69. The SMILES string of the molecule is CC(CCC(=O)O)NC(=O)CCN1CCSC1=O. The lowest BCUT2D eigenvalue weighted by atomic mass is 10.2. The fourth-order valence-electron chi connectivity index (χ4n) is 1.62. The number of hydrogen-bond acceptors (Lipinski definition) is 4. The van der Waals surface area contributed by atoms with Gasteiger partial charge < -0.3 is 15.3 Å². The van der Waals surface area contributed by atoms with Gasteiger partial charge in [0.1, 0.15) is 0 Å². The molecule has 1 unspecified atom stereocenters. The van der Waals surface area contributed by atoms with E-state index in [0.29, 0.717) is 19.5 Å². The standard InChI is InChI=1S/C11H18N2O4S/c1-8(2-3-10(15)16)12-9(14)4-5-13-6-7-18-11(13)17/h8H,2-7H2,1H3,(H,12,14)(H,15,16). The second kappa shape index (κ2) is 7.25. The highest BCUT2D eigenvalue weighted by atomic mass is 32.2. The van der Waals surface area contributed by atoms with Crippen molar-refractivity contribution in [1.82, 2.24) is 10.2 Å². The summed E-state index contributed by atoms with van der Waals surface area (Å²) in [6, 6.07) is -0.155. The van der Waals surface area contributed by atoms with Crippen LogP contribution in [-0.2, 0) is 9.59 Å². The van der Waals surface area contributed by atoms with Crippen LogP contribution in [-0.4, -0.2) is 52.0 Å². The third kappa shape index (κ3) is 5.39. The van der Waals surface area contributed by atoms with Crippen LogP contribution in [0.2, 0.25) is 0 Å². The smallest absolute Gasteiger partial charge is 0.303 e. The minimum absolute atomic E-state index is 0.0294. The summed E-state index contributed by atoms with van der Waals surface area (Å²) < 4.78 is 0. The molecule has 2 N–H and O–H groups in total. The van der Waals surface area contributed by atoms with Gasteiger partial charge in [-0.1, -0.05) is 11.8 Å². The van der Waals surface area contributed by atoms with E-state index in [1.54, 1.807) is 11.8 Å². The normalized spacial score (nSPS) is 16.7. The van der Waals surface area contributed by atoms with Crippen molar-refractivity contribution in [1.29, 1.82) is 0 Å². The fourth-order valence-corrected chi connectivity index (χ4v) is 2.48. The largest absolute Gasteiger partial charge is 0.481 e. The summed E-state index contributed by atoms with van der Waals surface area (Å²) in [5.41, 5.74) is 0. The quantitative estimate of drug-likeness (QED) is 0.720. The summed E-state index contributed by atoms with van der Waals surface area (Å²) in [6.07, 6.45) is 0.728. The van der Waals surface area contributed by atoms with Crippen LogP contribution < -0.4 is 5.32 Å². The van der Waals surface area contributed by atoms with Crippen LogP contribution in [0, 0.1) is 0 Å². The molecule has 1 heterocycles. The monoisotopic (exact) mass is 274 g/mol. The molecule has 0 saturated carbocycles. The maximum absolute atomic E-state index is 11.6. The zero-order chi connectivity index (χ0) is 13.5. The van der Waals surface area contributed by atoms with Crippen molar-refractivity contribution >= 4 is 28.9 Å². The third-order valence-corrected chi connectivity index (χ3v) is 3.54. The van der Waals surface area contributed by atoms with Crippen molar-refractivity contribution in [2.75, 3.05) is 18.8 Å². The molecule has 0 aromatic carbocycles. The molecule has 1 rings (SSSR count). The molecule has 7 heteroatoms. The first kappa shape index (κ1) is 14.8. The van der Waals surface area contributed by atoms with Crippen LogP contribution in [0.25, 0.3) is 0 Å². The van der Waals surface area contributed by atoms with Gasteiger partial charge in [0.05, 0.1) is 0 Å². The summed E-state index contributed by atoms with van der Waals surface area (Å²) in [5.74, 6) is -0.219. The average molecular weight is 274 g/mol. The highest BCUT2D eigenvalue weighted by Crippen LogP contribution is 2.16. The van der Waals surface area contributed by atoms with Crippen molar-refractivity contribution in [2.24, 2.45) is 0 Å². The zero-order valence-electron chi connectivity index (χ0n) is 10.3. The first-order chi connectivity index (χ1) is 8.49. The molecule has 0 aromatic heterocycles. The highest BCUT2D eigenvalue weighted by Gasteiger charge is 2.21. The fraction of sp³-hybridized carbons (Fsp3) is 0.727. The van der Waals surface area contributed by atoms with E-state index in [1.807, 2.05) is 0 Å². The van der Waals surface area contributed by atoms with E-state index in [1.165, 1.54) is 11.8 Å². The summed E-state index contributed by atoms with van der Waals surface area (Å²) in [4.78, 5) is 34.9. The number of nitrogens with zero attached hydrogens (tertiary/aromatic N) is 1. The Bertz CT molecular complexity index is 335. The number of amides is 2. The number of hydrogen-bond donors (Lipinski definition) is 2. The Morgan fingerprint density at radius 3 is 2.78 bits per heavy atom. The van der Waals surface area contributed by atoms with Crippen molar-refractivity contribution in [3.8, 4) is 0 Å². The third-order valence-electron chi connectivity index (χ3n) is 2.65. The Morgan fingerprint density at radius 1 is 1.50 bits per heavy atom. The molecule has 1 aliphatic heterocycles. The number of rotatable bonds is 7. The number of carboxylic acid groups (broad SMARTS) is 1. The van der Waals surface area contributed by atoms with Crippen LogP contribution in [0.5, 0.6) is 0 Å². The predicted molar refractivity (Wildman–Crippen MR) is 68.5 cm³/mol. The highest BCUT2D eigenvalue weighted by molar-refractivity contribution is 8.13. The molecular formula is C11H18N2O4S. The van der Waals surface area contributed by atoms with E-state index in [9.17, 15) is 14.4 Å². The molecule has 0 bridgehead atoms. The van der Waals surface area contributed by atoms with Gasteiger partial charge in [0.2, 0.25) is 5.91 Å². The minimum Gasteiger partial charge on any atom is -0.481 e. The lowest BCUT2D eigenvalue weighted by Gasteiger charge is -2.16. The number of carbonyl (C=O) groups is 3. The van der Waals surface area contributed by atoms with E-state index in [4.69, 9.17) is 5.11 Å². The molecule has 1 saturated heterocycles. The van der Waals surface area contributed by atoms with E-state index in [-0.39, 0.29) is 30.0 Å². The maximum Gasteiger partial charge on any atom is 0.303 e. The number of aliphatic carboxylic acids is 1. The lowest BCUT2D eigenvalue weighted by molar-refractivity contribution is -0.137. The van der Waals surface area contributed by atoms with E-state index in [2.05, 4.69) is 5.32 Å². The van der Waals surface area contributed by atoms with Crippen molar-refractivity contribution < 1.29 is 19.5 Å². The van der Waals surface area contributed by atoms with Gasteiger partial charge in [0.25, 0.3) is 5.24 Å². The van der Waals surface area contributed by atoms with Gasteiger partial charge in [-0.25, -0.2) is 0 Å². The van der Waals surface area contributed by atoms with Gasteiger partial charge in [0, 0.05) is 37.7 Å². The molecule has 0 spiro atoms. The molecule has 2 amide bonds. The molecular weight excluding hydrogens is 256 g/mol. The second-order valence-electron chi connectivity index (χ2n) is 4.25. The Hall–Kier alpha value is -1.24. The molecule has 0 radical (unpaired) electrons. The first-order valence-electron chi connectivity index (χ1n) is 5.92. The molecule has 0 aliphatic carbocycles.